The Morgan fingerprint density at radius 1 is 1.00 bits per heavy atom. The molecule has 2 heterocycles. The van der Waals surface area contributed by atoms with Crippen molar-refractivity contribution in [3.05, 3.63) is 53.1 Å². The molecular weight excluding hydrogens is 238 g/mol. The molecule has 0 N–H and O–H groups in total. The molecule has 0 fully saturated rings. The number of nitrogens with zero attached hydrogens (tertiary/aromatic N) is 3. The van der Waals surface area contributed by atoms with Crippen LogP contribution in [0.5, 0.6) is 0 Å². The first-order valence-corrected chi connectivity index (χ1v) is 6.08. The minimum absolute atomic E-state index is 0.540. The first-order chi connectivity index (χ1) is 9.24. The van der Waals surface area contributed by atoms with Crippen molar-refractivity contribution >= 4 is 23.3 Å². The topological polar surface area (TPSA) is 51.8 Å². The lowest BCUT2D eigenvalue weighted by atomic mass is 10.1. The predicted molar refractivity (Wildman–Crippen MR) is 74.4 cm³/mol. The first-order valence-electron chi connectivity index (χ1n) is 6.08. The predicted octanol–water partition coefficient (Wildman–Crippen LogP) is 3.41. The van der Waals surface area contributed by atoms with Crippen molar-refractivity contribution in [1.82, 2.24) is 15.1 Å². The van der Waals surface area contributed by atoms with Gasteiger partial charge in [-0.2, -0.15) is 4.98 Å². The monoisotopic (exact) mass is 251 g/mol. The summed E-state index contributed by atoms with van der Waals surface area (Å²) in [5, 5.41) is 4.81. The average molecular weight is 251 g/mol. The number of aromatic nitrogens is 3. The Balaban J connectivity index is 2.10. The van der Waals surface area contributed by atoms with Crippen LogP contribution in [0.1, 0.15) is 22.8 Å². The lowest BCUT2D eigenvalue weighted by Crippen LogP contribution is -1.92. The van der Waals surface area contributed by atoms with Crippen LogP contribution in [0.3, 0.4) is 0 Å². The summed E-state index contributed by atoms with van der Waals surface area (Å²) in [4.78, 5) is 8.69. The van der Waals surface area contributed by atoms with E-state index >= 15 is 0 Å². The van der Waals surface area contributed by atoms with Gasteiger partial charge in [-0.3, -0.25) is 0 Å². The maximum absolute atomic E-state index is 5.19. The maximum atomic E-state index is 5.19. The molecule has 0 spiro atoms. The second-order valence-corrected chi connectivity index (χ2v) is 4.35. The van der Waals surface area contributed by atoms with Gasteiger partial charge >= 0.3 is 0 Å². The van der Waals surface area contributed by atoms with E-state index in [0.29, 0.717) is 11.5 Å². The highest BCUT2D eigenvalue weighted by Gasteiger charge is 2.11. The lowest BCUT2D eigenvalue weighted by molar-refractivity contribution is 0.442. The average Bonchev–Trinajstić information content (AvgIpc) is 2.79. The third-order valence-corrected chi connectivity index (χ3v) is 2.88. The maximum Gasteiger partial charge on any atom is 0.261 e. The lowest BCUT2D eigenvalue weighted by Gasteiger charge is -1.98. The molecule has 0 atom stereocenters. The highest BCUT2D eigenvalue weighted by molar-refractivity contribution is 5.87. The first kappa shape index (κ1) is 11.6. The van der Waals surface area contributed by atoms with Crippen LogP contribution in [0.4, 0.5) is 0 Å². The molecule has 0 bridgehead atoms. The second kappa shape index (κ2) is 4.65. The van der Waals surface area contributed by atoms with Gasteiger partial charge in [0.15, 0.2) is 0 Å². The summed E-state index contributed by atoms with van der Waals surface area (Å²) in [5.74, 6) is 0.677. The van der Waals surface area contributed by atoms with Crippen LogP contribution in [0.2, 0.25) is 0 Å². The van der Waals surface area contributed by atoms with Gasteiger partial charge in [0.1, 0.15) is 5.82 Å². The summed E-state index contributed by atoms with van der Waals surface area (Å²) in [7, 11) is 0. The number of rotatable bonds is 2. The molecule has 1 aromatic carbocycles. The van der Waals surface area contributed by atoms with Crippen molar-refractivity contribution < 1.29 is 4.52 Å². The summed E-state index contributed by atoms with van der Waals surface area (Å²) >= 11 is 0. The largest absolute Gasteiger partial charge is 0.335 e. The summed E-state index contributed by atoms with van der Waals surface area (Å²) in [5.41, 5.74) is 3.31. The van der Waals surface area contributed by atoms with E-state index < -0.39 is 0 Å². The van der Waals surface area contributed by atoms with E-state index in [4.69, 9.17) is 4.52 Å². The molecule has 0 aliphatic carbocycles. The zero-order chi connectivity index (χ0) is 13.2. The molecule has 94 valence electrons. The van der Waals surface area contributed by atoms with E-state index in [1.807, 2.05) is 56.3 Å². The SMILES string of the molecule is Cc1nc(C=Cc2ccccc2)c2c(C)noc2n1. The number of aryl methyl sites for hydroxylation is 2. The van der Waals surface area contributed by atoms with Crippen molar-refractivity contribution in [2.24, 2.45) is 0 Å². The third kappa shape index (κ3) is 2.25. The van der Waals surface area contributed by atoms with Crippen molar-refractivity contribution in [2.75, 3.05) is 0 Å². The molecule has 3 aromatic rings. The van der Waals surface area contributed by atoms with E-state index in [1.165, 1.54) is 0 Å². The highest BCUT2D eigenvalue weighted by atomic mass is 16.5. The van der Waals surface area contributed by atoms with Crippen LogP contribution in [0, 0.1) is 13.8 Å². The van der Waals surface area contributed by atoms with Gasteiger partial charge < -0.3 is 4.52 Å². The molecule has 4 heteroatoms. The Kier molecular flexibility index (Phi) is 2.83. The van der Waals surface area contributed by atoms with Crippen molar-refractivity contribution in [3.63, 3.8) is 0 Å². The number of hydrogen-bond acceptors (Lipinski definition) is 4. The molecule has 0 amide bonds. The van der Waals surface area contributed by atoms with Gasteiger partial charge in [-0.05, 0) is 25.5 Å². The van der Waals surface area contributed by atoms with Crippen molar-refractivity contribution in [3.8, 4) is 0 Å². The Labute approximate surface area is 110 Å². The van der Waals surface area contributed by atoms with Crippen molar-refractivity contribution in [2.45, 2.75) is 13.8 Å². The van der Waals surface area contributed by atoms with E-state index in [2.05, 4.69) is 15.1 Å². The number of hydrogen-bond donors (Lipinski definition) is 0. The fourth-order valence-corrected chi connectivity index (χ4v) is 1.99. The molecule has 0 aliphatic heterocycles. The van der Waals surface area contributed by atoms with Gasteiger partial charge in [0.05, 0.1) is 16.8 Å². The highest BCUT2D eigenvalue weighted by Crippen LogP contribution is 2.21. The van der Waals surface area contributed by atoms with E-state index in [0.717, 1.165) is 22.3 Å². The fraction of sp³-hybridized carbons (Fsp3) is 0.133. The van der Waals surface area contributed by atoms with E-state index in [9.17, 15) is 0 Å². The molecule has 0 radical (unpaired) electrons. The smallest absolute Gasteiger partial charge is 0.261 e. The number of benzene rings is 1. The molecule has 2 aromatic heterocycles. The van der Waals surface area contributed by atoms with Gasteiger partial charge in [-0.1, -0.05) is 41.6 Å². The van der Waals surface area contributed by atoms with Crippen LogP contribution in [-0.2, 0) is 0 Å². The molecule has 0 unspecified atom stereocenters. The molecule has 19 heavy (non-hydrogen) atoms. The van der Waals surface area contributed by atoms with Crippen LogP contribution < -0.4 is 0 Å². The molecule has 0 aliphatic rings. The molecule has 4 nitrogen and oxygen atoms in total. The van der Waals surface area contributed by atoms with Gasteiger partial charge in [-0.15, -0.1) is 0 Å². The van der Waals surface area contributed by atoms with Crippen LogP contribution in [-0.4, -0.2) is 15.1 Å². The summed E-state index contributed by atoms with van der Waals surface area (Å²) in [6.45, 7) is 3.74. The standard InChI is InChI=1S/C15H13N3O/c1-10-14-13(9-8-12-6-4-3-5-7-12)16-11(2)17-15(14)19-18-10/h3-9H,1-2H3. The van der Waals surface area contributed by atoms with Crippen LogP contribution in [0.25, 0.3) is 23.3 Å². The molecule has 3 rings (SSSR count). The van der Waals surface area contributed by atoms with Gasteiger partial charge in [0.25, 0.3) is 5.71 Å². The van der Waals surface area contributed by atoms with Crippen LogP contribution in [0.15, 0.2) is 34.9 Å². The minimum Gasteiger partial charge on any atom is -0.335 e. The van der Waals surface area contributed by atoms with E-state index in [1.54, 1.807) is 0 Å². The number of fused-ring (bicyclic) bond motifs is 1. The Morgan fingerprint density at radius 2 is 1.79 bits per heavy atom. The van der Waals surface area contributed by atoms with Crippen LogP contribution >= 0.6 is 0 Å². The minimum atomic E-state index is 0.540. The van der Waals surface area contributed by atoms with E-state index in [-0.39, 0.29) is 0 Å². The third-order valence-electron chi connectivity index (χ3n) is 2.88. The Morgan fingerprint density at radius 3 is 2.58 bits per heavy atom. The molecule has 0 saturated heterocycles. The Bertz CT molecular complexity index is 745. The summed E-state index contributed by atoms with van der Waals surface area (Å²) in [6.07, 6.45) is 3.99. The second-order valence-electron chi connectivity index (χ2n) is 4.35. The van der Waals surface area contributed by atoms with Crippen molar-refractivity contribution in [1.29, 1.82) is 0 Å². The fourth-order valence-electron chi connectivity index (χ4n) is 1.99. The molecule has 0 saturated carbocycles. The van der Waals surface area contributed by atoms with Gasteiger partial charge in [0.2, 0.25) is 0 Å². The zero-order valence-electron chi connectivity index (χ0n) is 10.8. The Hall–Kier alpha value is -2.49. The van der Waals surface area contributed by atoms with Gasteiger partial charge in [-0.25, -0.2) is 4.98 Å². The zero-order valence-corrected chi connectivity index (χ0v) is 10.8. The molecular formula is C15H13N3O. The quantitative estimate of drug-likeness (QED) is 0.700. The summed E-state index contributed by atoms with van der Waals surface area (Å²) < 4.78 is 5.19. The normalized spacial score (nSPS) is 11.5. The summed E-state index contributed by atoms with van der Waals surface area (Å²) in [6, 6.07) is 10.1. The van der Waals surface area contributed by atoms with Gasteiger partial charge in [0, 0.05) is 0 Å².